The number of nitrogens with zero attached hydrogens (tertiary/aromatic N) is 1. The Morgan fingerprint density at radius 3 is 2.55 bits per heavy atom. The maximum absolute atomic E-state index is 12.3. The molecule has 0 spiro atoms. The van der Waals surface area contributed by atoms with Crippen LogP contribution in [0.5, 0.6) is 5.75 Å². The molecule has 7 heteroatoms. The first-order valence-electron chi connectivity index (χ1n) is 9.40. The van der Waals surface area contributed by atoms with E-state index in [9.17, 15) is 9.59 Å². The maximum Gasteiger partial charge on any atom is 0.343 e. The molecule has 0 aromatic heterocycles. The maximum atomic E-state index is 12.3. The van der Waals surface area contributed by atoms with Crippen LogP contribution in [0.2, 0.25) is 5.02 Å². The van der Waals surface area contributed by atoms with Gasteiger partial charge >= 0.3 is 5.97 Å². The molecule has 1 aliphatic heterocycles. The van der Waals surface area contributed by atoms with Crippen molar-refractivity contribution in [3.8, 4) is 5.75 Å². The van der Waals surface area contributed by atoms with E-state index in [-0.39, 0.29) is 5.91 Å². The van der Waals surface area contributed by atoms with E-state index >= 15 is 0 Å². The van der Waals surface area contributed by atoms with Crippen LogP contribution < -0.4 is 10.1 Å². The van der Waals surface area contributed by atoms with Gasteiger partial charge in [0, 0.05) is 5.02 Å². The summed E-state index contributed by atoms with van der Waals surface area (Å²) in [6.07, 6.45) is 1.73. The summed E-state index contributed by atoms with van der Waals surface area (Å²) >= 11 is 7.11. The standard InChI is InChI=1S/C24H17ClN2O3S/c1-15-5-11-19(12-6-15)26-24-27-22(28)21(31-24)14-16-3-2-4-20(13-16)30-23(29)17-7-9-18(25)10-8-17/h2-14H,1H3,(H,26,27,28)/b21-14-. The molecule has 0 unspecified atom stereocenters. The molecular formula is C24H17ClN2O3S. The number of halogens is 1. The normalized spacial score (nSPS) is 15.9. The molecule has 3 aromatic rings. The van der Waals surface area contributed by atoms with Gasteiger partial charge in [-0.1, -0.05) is 41.4 Å². The summed E-state index contributed by atoms with van der Waals surface area (Å²) in [6.45, 7) is 2.00. The number of hydrogen-bond donors (Lipinski definition) is 1. The number of amides is 1. The molecule has 3 aromatic carbocycles. The van der Waals surface area contributed by atoms with Crippen LogP contribution in [0.25, 0.3) is 6.08 Å². The first-order chi connectivity index (χ1) is 15.0. The summed E-state index contributed by atoms with van der Waals surface area (Å²) in [5.74, 6) is -0.326. The zero-order valence-electron chi connectivity index (χ0n) is 16.5. The van der Waals surface area contributed by atoms with Gasteiger partial charge in [0.15, 0.2) is 5.17 Å². The molecule has 1 aliphatic rings. The Morgan fingerprint density at radius 2 is 1.81 bits per heavy atom. The van der Waals surface area contributed by atoms with Gasteiger partial charge in [-0.05, 0) is 78.9 Å². The second kappa shape index (κ2) is 9.20. The van der Waals surface area contributed by atoms with Gasteiger partial charge in [0.1, 0.15) is 5.75 Å². The highest BCUT2D eigenvalue weighted by Gasteiger charge is 2.23. The van der Waals surface area contributed by atoms with Crippen molar-refractivity contribution in [1.29, 1.82) is 0 Å². The van der Waals surface area contributed by atoms with Gasteiger partial charge in [-0.25, -0.2) is 9.79 Å². The summed E-state index contributed by atoms with van der Waals surface area (Å²) in [5, 5.41) is 3.83. The molecule has 1 amide bonds. The monoisotopic (exact) mass is 448 g/mol. The van der Waals surface area contributed by atoms with Gasteiger partial charge in [0.05, 0.1) is 16.2 Å². The van der Waals surface area contributed by atoms with E-state index < -0.39 is 5.97 Å². The van der Waals surface area contributed by atoms with Crippen molar-refractivity contribution in [2.45, 2.75) is 6.92 Å². The minimum absolute atomic E-state index is 0.223. The number of esters is 1. The Kier molecular flexibility index (Phi) is 6.21. The number of rotatable bonds is 4. The molecule has 31 heavy (non-hydrogen) atoms. The first kappa shape index (κ1) is 20.9. The van der Waals surface area contributed by atoms with Crippen molar-refractivity contribution in [1.82, 2.24) is 5.32 Å². The minimum Gasteiger partial charge on any atom is -0.423 e. The van der Waals surface area contributed by atoms with Crippen LogP contribution in [0.1, 0.15) is 21.5 Å². The van der Waals surface area contributed by atoms with E-state index in [0.29, 0.717) is 26.4 Å². The Bertz CT molecular complexity index is 1200. The van der Waals surface area contributed by atoms with Gasteiger partial charge in [-0.2, -0.15) is 0 Å². The largest absolute Gasteiger partial charge is 0.423 e. The lowest BCUT2D eigenvalue weighted by Gasteiger charge is -2.05. The van der Waals surface area contributed by atoms with Gasteiger partial charge < -0.3 is 10.1 Å². The van der Waals surface area contributed by atoms with Crippen LogP contribution in [-0.4, -0.2) is 17.0 Å². The van der Waals surface area contributed by atoms with Crippen molar-refractivity contribution < 1.29 is 14.3 Å². The second-order valence-corrected chi connectivity index (χ2v) is 8.25. The number of aliphatic imine (C=N–C) groups is 1. The number of ether oxygens (including phenoxy) is 1. The van der Waals surface area contributed by atoms with E-state index in [1.165, 1.54) is 11.8 Å². The lowest BCUT2D eigenvalue weighted by molar-refractivity contribution is -0.115. The number of thioether (sulfide) groups is 1. The zero-order chi connectivity index (χ0) is 21.8. The average molecular weight is 449 g/mol. The molecule has 0 radical (unpaired) electrons. The smallest absolute Gasteiger partial charge is 0.343 e. The van der Waals surface area contributed by atoms with Crippen LogP contribution in [0.4, 0.5) is 5.69 Å². The van der Waals surface area contributed by atoms with E-state index in [0.717, 1.165) is 16.8 Å². The van der Waals surface area contributed by atoms with Crippen molar-refractivity contribution in [3.05, 3.63) is 99.4 Å². The number of amidine groups is 1. The summed E-state index contributed by atoms with van der Waals surface area (Å²) < 4.78 is 5.44. The molecule has 4 rings (SSSR count). The quantitative estimate of drug-likeness (QED) is 0.313. The summed E-state index contributed by atoms with van der Waals surface area (Å²) in [6, 6.07) is 21.2. The van der Waals surface area contributed by atoms with E-state index in [1.54, 1.807) is 48.5 Å². The fourth-order valence-electron chi connectivity index (χ4n) is 2.79. The third-order valence-corrected chi connectivity index (χ3v) is 5.52. The number of aryl methyl sites for hydroxylation is 1. The molecule has 1 saturated heterocycles. The van der Waals surface area contributed by atoms with E-state index in [1.807, 2.05) is 37.3 Å². The number of hydrogen-bond acceptors (Lipinski definition) is 5. The molecule has 0 saturated carbocycles. The molecule has 0 atom stereocenters. The highest BCUT2D eigenvalue weighted by Crippen LogP contribution is 2.29. The third-order valence-electron chi connectivity index (χ3n) is 4.36. The van der Waals surface area contributed by atoms with Crippen LogP contribution in [-0.2, 0) is 4.79 Å². The third kappa shape index (κ3) is 5.42. The summed E-state index contributed by atoms with van der Waals surface area (Å²) in [4.78, 5) is 29.6. The number of nitrogens with one attached hydrogen (secondary N) is 1. The van der Waals surface area contributed by atoms with E-state index in [2.05, 4.69) is 10.3 Å². The number of carbonyl (C=O) groups excluding carboxylic acids is 2. The van der Waals surface area contributed by atoms with Crippen LogP contribution >= 0.6 is 23.4 Å². The van der Waals surface area contributed by atoms with Gasteiger partial charge in [-0.15, -0.1) is 0 Å². The molecule has 1 fully saturated rings. The van der Waals surface area contributed by atoms with Gasteiger partial charge in [-0.3, -0.25) is 4.79 Å². The molecular weight excluding hydrogens is 432 g/mol. The average Bonchev–Trinajstić information content (AvgIpc) is 3.09. The van der Waals surface area contributed by atoms with Crippen molar-refractivity contribution in [2.24, 2.45) is 4.99 Å². The molecule has 154 valence electrons. The Morgan fingerprint density at radius 1 is 1.06 bits per heavy atom. The minimum atomic E-state index is -0.484. The predicted octanol–water partition coefficient (Wildman–Crippen LogP) is 5.76. The molecule has 1 heterocycles. The summed E-state index contributed by atoms with van der Waals surface area (Å²) in [5.41, 5.74) is 3.04. The van der Waals surface area contributed by atoms with Crippen LogP contribution in [0, 0.1) is 6.92 Å². The van der Waals surface area contributed by atoms with Crippen LogP contribution in [0.3, 0.4) is 0 Å². The fraction of sp³-hybridized carbons (Fsp3) is 0.0417. The van der Waals surface area contributed by atoms with Crippen molar-refractivity contribution in [3.63, 3.8) is 0 Å². The summed E-state index contributed by atoms with van der Waals surface area (Å²) in [7, 11) is 0. The molecule has 0 bridgehead atoms. The second-order valence-electron chi connectivity index (χ2n) is 6.79. The lowest BCUT2D eigenvalue weighted by atomic mass is 10.2. The lowest BCUT2D eigenvalue weighted by Crippen LogP contribution is -2.19. The first-order valence-corrected chi connectivity index (χ1v) is 10.6. The fourth-order valence-corrected chi connectivity index (χ4v) is 3.76. The van der Waals surface area contributed by atoms with Crippen LogP contribution in [0.15, 0.2) is 82.7 Å². The molecule has 0 aliphatic carbocycles. The Balaban J connectivity index is 1.48. The Labute approximate surface area is 188 Å². The highest BCUT2D eigenvalue weighted by molar-refractivity contribution is 8.18. The Hall–Kier alpha value is -3.35. The number of benzene rings is 3. The zero-order valence-corrected chi connectivity index (χ0v) is 18.0. The number of carbonyl (C=O) groups is 2. The van der Waals surface area contributed by atoms with Crippen molar-refractivity contribution in [2.75, 3.05) is 0 Å². The SMILES string of the molecule is Cc1ccc(N=C2NC(=O)/C(=C/c3cccc(OC(=O)c4ccc(Cl)cc4)c3)S2)cc1. The molecule has 5 nitrogen and oxygen atoms in total. The van der Waals surface area contributed by atoms with Gasteiger partial charge in [0.25, 0.3) is 5.91 Å². The topological polar surface area (TPSA) is 67.8 Å². The van der Waals surface area contributed by atoms with Gasteiger partial charge in [0.2, 0.25) is 0 Å². The highest BCUT2D eigenvalue weighted by atomic mass is 35.5. The predicted molar refractivity (Wildman–Crippen MR) is 125 cm³/mol. The molecule has 1 N–H and O–H groups in total. The van der Waals surface area contributed by atoms with Crippen molar-refractivity contribution >= 4 is 52.2 Å². The van der Waals surface area contributed by atoms with E-state index in [4.69, 9.17) is 16.3 Å².